The first-order chi connectivity index (χ1) is 14.0. The van der Waals surface area contributed by atoms with E-state index in [0.29, 0.717) is 42.3 Å². The van der Waals surface area contributed by atoms with Crippen LogP contribution in [0.25, 0.3) is 0 Å². The van der Waals surface area contributed by atoms with Crippen molar-refractivity contribution in [3.8, 4) is 6.07 Å². The maximum absolute atomic E-state index is 12.5. The third-order valence-corrected chi connectivity index (χ3v) is 4.50. The van der Waals surface area contributed by atoms with Gasteiger partial charge in [0.05, 0.1) is 11.3 Å². The predicted octanol–water partition coefficient (Wildman–Crippen LogP) is 2.28. The smallest absolute Gasteiger partial charge is 0.267 e. The van der Waals surface area contributed by atoms with Crippen molar-refractivity contribution in [3.63, 3.8) is 0 Å². The highest BCUT2D eigenvalue weighted by molar-refractivity contribution is 6.40. The third kappa shape index (κ3) is 4.96. The molecule has 0 atom stereocenters. The van der Waals surface area contributed by atoms with Gasteiger partial charge in [0.2, 0.25) is 5.91 Å². The van der Waals surface area contributed by atoms with Crippen LogP contribution in [0.3, 0.4) is 0 Å². The summed E-state index contributed by atoms with van der Waals surface area (Å²) in [5.41, 5.74) is 3.47. The Bertz CT molecular complexity index is 991. The fraction of sp³-hybridized carbons (Fsp3) is 0.286. The highest BCUT2D eigenvalue weighted by Gasteiger charge is 2.26. The molecule has 2 amide bonds. The summed E-state index contributed by atoms with van der Waals surface area (Å²) in [4.78, 5) is 28.9. The van der Waals surface area contributed by atoms with Gasteiger partial charge in [-0.15, -0.1) is 0 Å². The van der Waals surface area contributed by atoms with E-state index in [2.05, 4.69) is 20.7 Å². The molecule has 0 aliphatic carbocycles. The number of aromatic nitrogens is 1. The summed E-state index contributed by atoms with van der Waals surface area (Å²) < 4.78 is 0. The summed E-state index contributed by atoms with van der Waals surface area (Å²) in [5, 5.41) is 20.3. The number of nitriles is 1. The number of rotatable bonds is 6. The lowest BCUT2D eigenvalue weighted by atomic mass is 10.1. The number of aryl methyl sites for hydroxylation is 2. The van der Waals surface area contributed by atoms with Gasteiger partial charge in [-0.3, -0.25) is 9.59 Å². The van der Waals surface area contributed by atoms with Crippen LogP contribution in [0.15, 0.2) is 41.6 Å². The van der Waals surface area contributed by atoms with Gasteiger partial charge in [0, 0.05) is 32.1 Å². The van der Waals surface area contributed by atoms with Gasteiger partial charge in [-0.25, -0.2) is 9.99 Å². The normalized spacial score (nSPS) is 13.5. The zero-order valence-corrected chi connectivity index (χ0v) is 16.4. The second-order valence-corrected chi connectivity index (χ2v) is 6.77. The monoisotopic (exact) mass is 390 g/mol. The summed E-state index contributed by atoms with van der Waals surface area (Å²) in [5.74, 6) is 0.214. The van der Waals surface area contributed by atoms with Crippen molar-refractivity contribution in [2.75, 3.05) is 23.4 Å². The molecule has 8 heteroatoms. The van der Waals surface area contributed by atoms with Crippen molar-refractivity contribution in [3.05, 3.63) is 53.2 Å². The molecular formula is C21H22N6O2. The molecule has 1 aromatic heterocycles. The molecule has 8 nitrogen and oxygen atoms in total. The number of carbonyl (C=O) groups excluding carboxylic acids is 2. The number of anilines is 2. The zero-order valence-electron chi connectivity index (χ0n) is 16.4. The van der Waals surface area contributed by atoms with Crippen LogP contribution < -0.4 is 15.6 Å². The van der Waals surface area contributed by atoms with E-state index in [1.165, 1.54) is 11.2 Å². The Morgan fingerprint density at radius 2 is 2.03 bits per heavy atom. The molecule has 0 saturated carbocycles. The summed E-state index contributed by atoms with van der Waals surface area (Å²) in [6.07, 6.45) is 2.04. The summed E-state index contributed by atoms with van der Waals surface area (Å²) >= 11 is 0. The molecule has 0 spiro atoms. The summed E-state index contributed by atoms with van der Waals surface area (Å²) in [6.45, 7) is 4.70. The van der Waals surface area contributed by atoms with E-state index in [9.17, 15) is 9.59 Å². The lowest BCUT2D eigenvalue weighted by Gasteiger charge is -2.24. The topological polar surface area (TPSA) is 110 Å². The van der Waals surface area contributed by atoms with Crippen molar-refractivity contribution in [1.29, 1.82) is 5.26 Å². The Kier molecular flexibility index (Phi) is 6.19. The molecule has 1 aromatic carbocycles. The Morgan fingerprint density at radius 3 is 2.76 bits per heavy atom. The minimum atomic E-state index is -0.289. The van der Waals surface area contributed by atoms with Crippen LogP contribution in [-0.2, 0) is 9.59 Å². The molecule has 2 N–H and O–H groups in total. The number of carbonyl (C=O) groups is 2. The van der Waals surface area contributed by atoms with Gasteiger partial charge < -0.3 is 10.6 Å². The predicted molar refractivity (Wildman–Crippen MR) is 111 cm³/mol. The van der Waals surface area contributed by atoms with Gasteiger partial charge >= 0.3 is 0 Å². The van der Waals surface area contributed by atoms with Gasteiger partial charge in [0.25, 0.3) is 5.91 Å². The van der Waals surface area contributed by atoms with Gasteiger partial charge in [-0.2, -0.15) is 10.4 Å². The van der Waals surface area contributed by atoms with Crippen LogP contribution >= 0.6 is 0 Å². The first-order valence-corrected chi connectivity index (χ1v) is 9.34. The summed E-state index contributed by atoms with van der Waals surface area (Å²) in [6, 6.07) is 11.2. The van der Waals surface area contributed by atoms with Crippen molar-refractivity contribution >= 4 is 29.0 Å². The lowest BCUT2D eigenvalue weighted by molar-refractivity contribution is -0.118. The Hall–Kier alpha value is -3.73. The molecule has 148 valence electrons. The largest absolute Gasteiger partial charge is 0.368 e. The van der Waals surface area contributed by atoms with E-state index in [-0.39, 0.29) is 18.2 Å². The fourth-order valence-electron chi connectivity index (χ4n) is 2.89. The number of pyridine rings is 1. The first kappa shape index (κ1) is 20.0. The average Bonchev–Trinajstić information content (AvgIpc) is 2.73. The minimum absolute atomic E-state index is 0.121. The highest BCUT2D eigenvalue weighted by Crippen LogP contribution is 2.25. The fourth-order valence-corrected chi connectivity index (χ4v) is 2.89. The molecule has 2 aromatic rings. The number of benzene rings is 1. The second kappa shape index (κ2) is 8.97. The van der Waals surface area contributed by atoms with Gasteiger partial charge in [0.1, 0.15) is 17.6 Å². The number of hydrogen-bond acceptors (Lipinski definition) is 6. The van der Waals surface area contributed by atoms with Crippen molar-refractivity contribution in [1.82, 2.24) is 10.3 Å². The Balaban J connectivity index is 1.59. The van der Waals surface area contributed by atoms with Gasteiger partial charge in [-0.05, 0) is 43.2 Å². The van der Waals surface area contributed by atoms with Crippen molar-refractivity contribution < 1.29 is 9.59 Å². The quantitative estimate of drug-likeness (QED) is 0.735. The zero-order chi connectivity index (χ0) is 20.8. The molecule has 1 aliphatic rings. The first-order valence-electron chi connectivity index (χ1n) is 9.34. The van der Waals surface area contributed by atoms with Crippen molar-refractivity contribution in [2.45, 2.75) is 26.7 Å². The van der Waals surface area contributed by atoms with Gasteiger partial charge in [-0.1, -0.05) is 12.1 Å². The van der Waals surface area contributed by atoms with Crippen LogP contribution in [0.2, 0.25) is 0 Å². The molecule has 2 heterocycles. The van der Waals surface area contributed by atoms with Crippen molar-refractivity contribution in [2.24, 2.45) is 5.10 Å². The summed E-state index contributed by atoms with van der Waals surface area (Å²) in [7, 11) is 0. The molecule has 0 bridgehead atoms. The molecule has 29 heavy (non-hydrogen) atoms. The van der Waals surface area contributed by atoms with E-state index >= 15 is 0 Å². The number of amides is 2. The lowest BCUT2D eigenvalue weighted by Crippen LogP contribution is -2.40. The average molecular weight is 390 g/mol. The van der Waals surface area contributed by atoms with Crippen LogP contribution in [-0.4, -0.2) is 35.6 Å². The standard InChI is InChI=1S/C21H22N6O2/c1-14-3-4-15(2)18(11-14)27-20(28)8-6-17(26-27)21(29)24-10-9-23-19-7-5-16(12-22)13-25-19/h3-5,7,11,13H,6,8-10H2,1-2H3,(H,23,25)(H,24,29). The number of hydrazone groups is 1. The maximum Gasteiger partial charge on any atom is 0.267 e. The number of nitrogens with one attached hydrogen (secondary N) is 2. The SMILES string of the molecule is Cc1ccc(C)c(N2N=C(C(=O)NCCNc3ccc(C#N)cn3)CCC2=O)c1. The van der Waals surface area contributed by atoms with Crippen LogP contribution in [0, 0.1) is 25.2 Å². The molecule has 3 rings (SSSR count). The molecule has 0 saturated heterocycles. The van der Waals surface area contributed by atoms with E-state index in [1.54, 1.807) is 12.1 Å². The molecular weight excluding hydrogens is 368 g/mol. The highest BCUT2D eigenvalue weighted by atomic mass is 16.2. The van der Waals surface area contributed by atoms with Crippen LogP contribution in [0.1, 0.15) is 29.5 Å². The van der Waals surface area contributed by atoms with Crippen LogP contribution in [0.5, 0.6) is 0 Å². The van der Waals surface area contributed by atoms with Gasteiger partial charge in [0.15, 0.2) is 0 Å². The molecule has 0 radical (unpaired) electrons. The molecule has 0 unspecified atom stereocenters. The molecule has 0 fully saturated rings. The Morgan fingerprint density at radius 1 is 1.21 bits per heavy atom. The van der Waals surface area contributed by atoms with E-state index in [1.807, 2.05) is 38.1 Å². The van der Waals surface area contributed by atoms with E-state index in [0.717, 1.165) is 11.1 Å². The van der Waals surface area contributed by atoms with Crippen LogP contribution in [0.4, 0.5) is 11.5 Å². The second-order valence-electron chi connectivity index (χ2n) is 6.77. The number of hydrogen-bond donors (Lipinski definition) is 2. The number of nitrogens with zero attached hydrogens (tertiary/aromatic N) is 4. The Labute approximate surface area is 169 Å². The van der Waals surface area contributed by atoms with E-state index in [4.69, 9.17) is 5.26 Å². The van der Waals surface area contributed by atoms with E-state index < -0.39 is 0 Å². The maximum atomic E-state index is 12.5. The molecule has 1 aliphatic heterocycles. The third-order valence-electron chi connectivity index (χ3n) is 4.50. The minimum Gasteiger partial charge on any atom is -0.368 e.